The normalized spacial score (nSPS) is 12.2. The minimum atomic E-state index is -4.57. The van der Waals surface area contributed by atoms with Gasteiger partial charge in [-0.25, -0.2) is 4.79 Å². The highest BCUT2D eigenvalue weighted by Crippen LogP contribution is 2.29. The number of carboxylic acid groups (broad SMARTS) is 1. The van der Waals surface area contributed by atoms with Crippen molar-refractivity contribution in [1.29, 1.82) is 0 Å². The first kappa shape index (κ1) is 20.9. The van der Waals surface area contributed by atoms with Gasteiger partial charge in [-0.15, -0.1) is 0 Å². The summed E-state index contributed by atoms with van der Waals surface area (Å²) in [6.45, 7) is 0. The molecule has 2 rings (SSSR count). The van der Waals surface area contributed by atoms with E-state index in [1.54, 1.807) is 0 Å². The van der Waals surface area contributed by atoms with Crippen molar-refractivity contribution >= 4 is 17.6 Å². The molecule has 2 aromatic carbocycles. The van der Waals surface area contributed by atoms with Crippen LogP contribution in [0.3, 0.4) is 0 Å². The zero-order chi connectivity index (χ0) is 20.9. The molecule has 0 saturated heterocycles. The van der Waals surface area contributed by atoms with Crippen molar-refractivity contribution in [1.82, 2.24) is 5.32 Å². The van der Waals surface area contributed by atoms with Crippen LogP contribution in [0.1, 0.15) is 16.7 Å². The molecule has 2 aromatic rings. The third-order valence-corrected chi connectivity index (χ3v) is 3.81. The molecule has 1 atom stereocenters. The average Bonchev–Trinajstić information content (AvgIpc) is 2.60. The summed E-state index contributed by atoms with van der Waals surface area (Å²) < 4.78 is 38.3. The van der Waals surface area contributed by atoms with E-state index in [-0.39, 0.29) is 24.1 Å². The van der Waals surface area contributed by atoms with Gasteiger partial charge >= 0.3 is 12.1 Å². The van der Waals surface area contributed by atoms with Gasteiger partial charge in [0.05, 0.1) is 16.9 Å². The molecule has 1 amide bonds. The molecule has 0 unspecified atom stereocenters. The summed E-state index contributed by atoms with van der Waals surface area (Å²) in [5.41, 5.74) is -0.742. The smallest absolute Gasteiger partial charge is 0.416 e. The maximum Gasteiger partial charge on any atom is 0.416 e. The van der Waals surface area contributed by atoms with E-state index in [9.17, 15) is 38.0 Å². The number of halogens is 3. The Balaban J connectivity index is 2.09. The van der Waals surface area contributed by atoms with Crippen LogP contribution in [0.5, 0.6) is 0 Å². The molecule has 0 aliphatic rings. The van der Waals surface area contributed by atoms with Gasteiger partial charge in [0.2, 0.25) is 5.91 Å². The number of alkyl halides is 3. The van der Waals surface area contributed by atoms with Crippen LogP contribution >= 0.6 is 0 Å². The third kappa shape index (κ3) is 5.79. The van der Waals surface area contributed by atoms with E-state index in [1.165, 1.54) is 30.3 Å². The second kappa shape index (κ2) is 8.51. The summed E-state index contributed by atoms with van der Waals surface area (Å²) in [5, 5.41) is 22.3. The number of carboxylic acids is 1. The molecular formula is C18H15F3N2O5. The minimum Gasteiger partial charge on any atom is -0.480 e. The molecular weight excluding hydrogens is 381 g/mol. The highest BCUT2D eigenvalue weighted by Gasteiger charge is 2.31. The van der Waals surface area contributed by atoms with Crippen LogP contribution < -0.4 is 5.32 Å². The minimum absolute atomic E-state index is 0.0953. The Kier molecular flexibility index (Phi) is 6.34. The summed E-state index contributed by atoms with van der Waals surface area (Å²) in [7, 11) is 0. The zero-order valence-electron chi connectivity index (χ0n) is 14.3. The standard InChI is InChI=1S/C18H15F3N2O5/c19-18(20,21)13-5-1-3-11(7-13)9-15(17(25)26)22-16(24)10-12-4-2-6-14(8-12)23(27)28/h1-8,15H,9-10H2,(H,22,24)(H,25,26)/t15-/m0/s1. The molecule has 28 heavy (non-hydrogen) atoms. The Morgan fingerprint density at radius 1 is 1.11 bits per heavy atom. The van der Waals surface area contributed by atoms with Crippen molar-refractivity contribution in [2.75, 3.05) is 0 Å². The number of aliphatic carboxylic acids is 1. The van der Waals surface area contributed by atoms with Gasteiger partial charge in [-0.05, 0) is 17.2 Å². The number of hydrogen-bond donors (Lipinski definition) is 2. The fraction of sp³-hybridized carbons (Fsp3) is 0.222. The van der Waals surface area contributed by atoms with Gasteiger partial charge in [-0.2, -0.15) is 13.2 Å². The van der Waals surface area contributed by atoms with E-state index in [2.05, 4.69) is 5.32 Å². The van der Waals surface area contributed by atoms with Crippen molar-refractivity contribution in [2.24, 2.45) is 0 Å². The van der Waals surface area contributed by atoms with Crippen LogP contribution in [0, 0.1) is 10.1 Å². The summed E-state index contributed by atoms with van der Waals surface area (Å²) in [6, 6.07) is 8.00. The Morgan fingerprint density at radius 2 is 1.75 bits per heavy atom. The number of nitrogens with one attached hydrogen (secondary N) is 1. The van der Waals surface area contributed by atoms with Crippen molar-refractivity contribution in [2.45, 2.75) is 25.1 Å². The number of carbonyl (C=O) groups excluding carboxylic acids is 1. The lowest BCUT2D eigenvalue weighted by atomic mass is 10.0. The molecule has 0 spiro atoms. The molecule has 7 nitrogen and oxygen atoms in total. The number of nitrogens with zero attached hydrogens (tertiary/aromatic N) is 1. The zero-order valence-corrected chi connectivity index (χ0v) is 14.3. The molecule has 0 bridgehead atoms. The van der Waals surface area contributed by atoms with Crippen LogP contribution in [-0.4, -0.2) is 27.9 Å². The van der Waals surface area contributed by atoms with E-state index >= 15 is 0 Å². The second-order valence-corrected chi connectivity index (χ2v) is 5.96. The van der Waals surface area contributed by atoms with E-state index in [0.29, 0.717) is 5.56 Å². The molecule has 0 fully saturated rings. The third-order valence-electron chi connectivity index (χ3n) is 3.81. The number of rotatable bonds is 7. The van der Waals surface area contributed by atoms with Crippen LogP contribution in [-0.2, 0) is 28.6 Å². The average molecular weight is 396 g/mol. The number of nitro benzene ring substituents is 1. The Hall–Kier alpha value is -3.43. The van der Waals surface area contributed by atoms with Gasteiger partial charge in [0.25, 0.3) is 5.69 Å². The van der Waals surface area contributed by atoms with Crippen LogP contribution in [0.25, 0.3) is 0 Å². The fourth-order valence-corrected chi connectivity index (χ4v) is 2.52. The van der Waals surface area contributed by atoms with Crippen LogP contribution in [0.15, 0.2) is 48.5 Å². The Bertz CT molecular complexity index is 899. The quantitative estimate of drug-likeness (QED) is 0.552. The number of amides is 1. The summed E-state index contributed by atoms with van der Waals surface area (Å²) in [6.07, 6.45) is -5.23. The number of carbonyl (C=O) groups is 2. The monoisotopic (exact) mass is 396 g/mol. The lowest BCUT2D eigenvalue weighted by Gasteiger charge is -2.16. The molecule has 0 aliphatic carbocycles. The van der Waals surface area contributed by atoms with Gasteiger partial charge in [0, 0.05) is 18.6 Å². The predicted octanol–water partition coefficient (Wildman–Crippen LogP) is 2.97. The van der Waals surface area contributed by atoms with Crippen molar-refractivity contribution in [3.8, 4) is 0 Å². The molecule has 0 saturated carbocycles. The summed E-state index contributed by atoms with van der Waals surface area (Å²) >= 11 is 0. The first-order valence-electron chi connectivity index (χ1n) is 7.98. The lowest BCUT2D eigenvalue weighted by Crippen LogP contribution is -2.43. The number of nitro groups is 1. The predicted molar refractivity (Wildman–Crippen MR) is 91.5 cm³/mol. The van der Waals surface area contributed by atoms with Crippen molar-refractivity contribution in [3.63, 3.8) is 0 Å². The molecule has 0 aromatic heterocycles. The molecule has 0 radical (unpaired) electrons. The van der Waals surface area contributed by atoms with Gasteiger partial charge < -0.3 is 10.4 Å². The molecule has 0 heterocycles. The molecule has 10 heteroatoms. The highest BCUT2D eigenvalue weighted by molar-refractivity contribution is 5.85. The Labute approximate surface area is 156 Å². The van der Waals surface area contributed by atoms with E-state index in [0.717, 1.165) is 18.2 Å². The number of non-ortho nitro benzene ring substituents is 1. The van der Waals surface area contributed by atoms with Crippen molar-refractivity contribution in [3.05, 3.63) is 75.3 Å². The fourth-order valence-electron chi connectivity index (χ4n) is 2.52. The second-order valence-electron chi connectivity index (χ2n) is 5.96. The van der Waals surface area contributed by atoms with Crippen LogP contribution in [0.2, 0.25) is 0 Å². The maximum atomic E-state index is 12.8. The molecule has 0 aliphatic heterocycles. The van der Waals surface area contributed by atoms with E-state index in [1.807, 2.05) is 0 Å². The maximum absolute atomic E-state index is 12.8. The molecule has 2 N–H and O–H groups in total. The number of benzene rings is 2. The summed E-state index contributed by atoms with van der Waals surface area (Å²) in [4.78, 5) is 33.6. The number of hydrogen-bond acceptors (Lipinski definition) is 4. The van der Waals surface area contributed by atoms with Crippen LogP contribution in [0.4, 0.5) is 18.9 Å². The lowest BCUT2D eigenvalue weighted by molar-refractivity contribution is -0.384. The highest BCUT2D eigenvalue weighted by atomic mass is 19.4. The van der Waals surface area contributed by atoms with Gasteiger partial charge in [-0.3, -0.25) is 14.9 Å². The largest absolute Gasteiger partial charge is 0.480 e. The Morgan fingerprint density at radius 3 is 2.36 bits per heavy atom. The first-order valence-corrected chi connectivity index (χ1v) is 7.98. The van der Waals surface area contributed by atoms with Gasteiger partial charge in [0.1, 0.15) is 6.04 Å². The van der Waals surface area contributed by atoms with Gasteiger partial charge in [0.15, 0.2) is 0 Å². The molecule has 148 valence electrons. The van der Waals surface area contributed by atoms with E-state index in [4.69, 9.17) is 0 Å². The first-order chi connectivity index (χ1) is 13.1. The summed E-state index contributed by atoms with van der Waals surface area (Å²) in [5.74, 6) is -2.13. The topological polar surface area (TPSA) is 110 Å². The van der Waals surface area contributed by atoms with E-state index < -0.39 is 34.6 Å². The van der Waals surface area contributed by atoms with Crippen molar-refractivity contribution < 1.29 is 32.8 Å². The van der Waals surface area contributed by atoms with Gasteiger partial charge in [-0.1, -0.05) is 30.3 Å². The SMILES string of the molecule is O=C(Cc1cccc([N+](=O)[O-])c1)N[C@@H](Cc1cccc(C(F)(F)F)c1)C(=O)O.